The van der Waals surface area contributed by atoms with Gasteiger partial charge in [0, 0.05) is 11.8 Å². The molecule has 0 aliphatic carbocycles. The van der Waals surface area contributed by atoms with Crippen molar-refractivity contribution in [3.63, 3.8) is 0 Å². The van der Waals surface area contributed by atoms with Crippen LogP contribution in [-0.4, -0.2) is 15.1 Å². The lowest BCUT2D eigenvalue weighted by Crippen LogP contribution is -2.00. The molecule has 0 bridgehead atoms. The van der Waals surface area contributed by atoms with Gasteiger partial charge < -0.3 is 5.11 Å². The number of benzene rings is 1. The minimum absolute atomic E-state index is 0.128. The second-order valence-corrected chi connectivity index (χ2v) is 4.65. The summed E-state index contributed by atoms with van der Waals surface area (Å²) in [6, 6.07) is 4.09. The van der Waals surface area contributed by atoms with Crippen molar-refractivity contribution >= 4 is 0 Å². The number of aliphatic hydroxyl groups excluding tert-OH is 1. The molecule has 0 atom stereocenters. The van der Waals surface area contributed by atoms with E-state index in [0.29, 0.717) is 5.82 Å². The van der Waals surface area contributed by atoms with Crippen molar-refractivity contribution in [1.82, 2.24) is 9.97 Å². The van der Waals surface area contributed by atoms with E-state index >= 15 is 0 Å². The minimum Gasteiger partial charge on any atom is -0.388 e. The minimum atomic E-state index is -0.128. The smallest absolute Gasteiger partial charge is 0.154 e. The second-order valence-electron chi connectivity index (χ2n) is 4.65. The molecular weight excluding hydrogens is 224 g/mol. The maximum Gasteiger partial charge on any atom is 0.154 e. The summed E-state index contributed by atoms with van der Waals surface area (Å²) in [5.41, 5.74) is 7.04. The van der Waals surface area contributed by atoms with Gasteiger partial charge in [-0.05, 0) is 56.0 Å². The van der Waals surface area contributed by atoms with Crippen LogP contribution in [0.3, 0.4) is 0 Å². The monoisotopic (exact) mass is 242 g/mol. The van der Waals surface area contributed by atoms with Crippen LogP contribution in [0, 0.1) is 27.7 Å². The first-order valence-electron chi connectivity index (χ1n) is 6.05. The van der Waals surface area contributed by atoms with Crippen LogP contribution in [0.5, 0.6) is 0 Å². The average molecular weight is 242 g/mol. The Kier molecular flexibility index (Phi) is 3.43. The van der Waals surface area contributed by atoms with Crippen LogP contribution in [0.15, 0.2) is 18.3 Å². The normalized spacial score (nSPS) is 10.7. The summed E-state index contributed by atoms with van der Waals surface area (Å²) in [4.78, 5) is 8.43. The third-order valence-electron chi connectivity index (χ3n) is 3.47. The molecule has 1 aromatic heterocycles. The predicted molar refractivity (Wildman–Crippen MR) is 72.3 cm³/mol. The molecule has 0 saturated heterocycles. The number of hydrogen-bond acceptors (Lipinski definition) is 3. The zero-order valence-electron chi connectivity index (χ0n) is 11.3. The summed E-state index contributed by atoms with van der Waals surface area (Å²) < 4.78 is 0. The Labute approximate surface area is 108 Å². The van der Waals surface area contributed by atoms with Gasteiger partial charge in [0.2, 0.25) is 0 Å². The standard InChI is InChI=1S/C15H18N2O/c1-9-7-10(2)12(4)15(11(9)3)13-5-6-16-14(8-18)17-13/h5-7,18H,8H2,1-4H3. The highest BCUT2D eigenvalue weighted by Gasteiger charge is 2.12. The quantitative estimate of drug-likeness (QED) is 0.880. The number of aliphatic hydroxyl groups is 1. The average Bonchev–Trinajstić information content (AvgIpc) is 2.37. The third-order valence-corrected chi connectivity index (χ3v) is 3.47. The van der Waals surface area contributed by atoms with Crippen LogP contribution in [0.1, 0.15) is 28.1 Å². The van der Waals surface area contributed by atoms with Gasteiger partial charge in [0.15, 0.2) is 5.82 Å². The lowest BCUT2D eigenvalue weighted by molar-refractivity contribution is 0.271. The van der Waals surface area contributed by atoms with E-state index in [0.717, 1.165) is 11.3 Å². The summed E-state index contributed by atoms with van der Waals surface area (Å²) in [6.45, 7) is 8.31. The summed E-state index contributed by atoms with van der Waals surface area (Å²) in [5, 5.41) is 9.13. The Hall–Kier alpha value is -1.74. The SMILES string of the molecule is Cc1cc(C)c(C)c(-c2ccnc(CO)n2)c1C. The third kappa shape index (κ3) is 2.14. The van der Waals surface area contributed by atoms with E-state index in [1.165, 1.54) is 22.3 Å². The maximum atomic E-state index is 9.13. The van der Waals surface area contributed by atoms with E-state index in [1.807, 2.05) is 6.07 Å². The lowest BCUT2D eigenvalue weighted by atomic mass is 9.92. The molecule has 2 aromatic rings. The van der Waals surface area contributed by atoms with Crippen LogP contribution in [0.2, 0.25) is 0 Å². The van der Waals surface area contributed by atoms with Gasteiger partial charge in [0.05, 0.1) is 5.69 Å². The molecule has 3 nitrogen and oxygen atoms in total. The topological polar surface area (TPSA) is 46.0 Å². The highest BCUT2D eigenvalue weighted by Crippen LogP contribution is 2.30. The summed E-state index contributed by atoms with van der Waals surface area (Å²) in [7, 11) is 0. The van der Waals surface area contributed by atoms with E-state index in [-0.39, 0.29) is 6.61 Å². The number of nitrogens with zero attached hydrogens (tertiary/aromatic N) is 2. The highest BCUT2D eigenvalue weighted by atomic mass is 16.3. The Morgan fingerprint density at radius 1 is 1.06 bits per heavy atom. The molecule has 3 heteroatoms. The molecule has 1 aromatic carbocycles. The molecule has 0 aliphatic rings. The second kappa shape index (κ2) is 4.86. The zero-order chi connectivity index (χ0) is 13.3. The summed E-state index contributed by atoms with van der Waals surface area (Å²) in [5.74, 6) is 0.463. The summed E-state index contributed by atoms with van der Waals surface area (Å²) in [6.07, 6.45) is 1.70. The number of hydrogen-bond donors (Lipinski definition) is 1. The van der Waals surface area contributed by atoms with Crippen molar-refractivity contribution in [3.05, 3.63) is 46.4 Å². The van der Waals surface area contributed by atoms with Crippen LogP contribution in [0.25, 0.3) is 11.3 Å². The molecule has 0 fully saturated rings. The first kappa shape index (κ1) is 12.7. The molecule has 0 unspecified atom stereocenters. The molecule has 1 N–H and O–H groups in total. The molecule has 94 valence electrons. The van der Waals surface area contributed by atoms with E-state index in [4.69, 9.17) is 5.11 Å². The first-order chi connectivity index (χ1) is 8.54. The van der Waals surface area contributed by atoms with Crippen molar-refractivity contribution in [2.75, 3.05) is 0 Å². The number of aryl methyl sites for hydroxylation is 2. The Bertz CT molecular complexity index is 565. The Morgan fingerprint density at radius 2 is 1.67 bits per heavy atom. The van der Waals surface area contributed by atoms with Crippen LogP contribution >= 0.6 is 0 Å². The molecule has 2 rings (SSSR count). The molecule has 0 aliphatic heterocycles. The molecule has 0 amide bonds. The van der Waals surface area contributed by atoms with Crippen LogP contribution in [0.4, 0.5) is 0 Å². The van der Waals surface area contributed by atoms with Gasteiger partial charge in [0.1, 0.15) is 6.61 Å². The van der Waals surface area contributed by atoms with E-state index in [1.54, 1.807) is 6.20 Å². The molecule has 0 spiro atoms. The van der Waals surface area contributed by atoms with Crippen molar-refractivity contribution < 1.29 is 5.11 Å². The van der Waals surface area contributed by atoms with Gasteiger partial charge in [0.25, 0.3) is 0 Å². The highest BCUT2D eigenvalue weighted by molar-refractivity contribution is 5.70. The van der Waals surface area contributed by atoms with Crippen molar-refractivity contribution in [2.45, 2.75) is 34.3 Å². The van der Waals surface area contributed by atoms with Crippen molar-refractivity contribution in [2.24, 2.45) is 0 Å². The fourth-order valence-corrected chi connectivity index (χ4v) is 2.22. The maximum absolute atomic E-state index is 9.13. The summed E-state index contributed by atoms with van der Waals surface area (Å²) >= 11 is 0. The number of aromatic nitrogens is 2. The van der Waals surface area contributed by atoms with E-state index in [2.05, 4.69) is 43.7 Å². The largest absolute Gasteiger partial charge is 0.388 e. The fraction of sp³-hybridized carbons (Fsp3) is 0.333. The van der Waals surface area contributed by atoms with Crippen molar-refractivity contribution in [3.8, 4) is 11.3 Å². The molecule has 18 heavy (non-hydrogen) atoms. The predicted octanol–water partition coefficient (Wildman–Crippen LogP) is 2.87. The first-order valence-corrected chi connectivity index (χ1v) is 6.05. The lowest BCUT2D eigenvalue weighted by Gasteiger charge is -2.15. The number of rotatable bonds is 2. The van der Waals surface area contributed by atoms with Gasteiger partial charge >= 0.3 is 0 Å². The van der Waals surface area contributed by atoms with Crippen LogP contribution < -0.4 is 0 Å². The Balaban J connectivity index is 2.70. The van der Waals surface area contributed by atoms with Gasteiger partial charge in [-0.2, -0.15) is 0 Å². The Morgan fingerprint density at radius 3 is 2.22 bits per heavy atom. The van der Waals surface area contributed by atoms with Crippen LogP contribution in [-0.2, 0) is 6.61 Å². The molecular formula is C15H18N2O. The van der Waals surface area contributed by atoms with E-state index in [9.17, 15) is 0 Å². The zero-order valence-corrected chi connectivity index (χ0v) is 11.3. The molecule has 0 radical (unpaired) electrons. The fourth-order valence-electron chi connectivity index (χ4n) is 2.22. The molecule has 1 heterocycles. The van der Waals surface area contributed by atoms with Gasteiger partial charge in [-0.1, -0.05) is 6.07 Å². The molecule has 0 saturated carbocycles. The van der Waals surface area contributed by atoms with Gasteiger partial charge in [-0.15, -0.1) is 0 Å². The van der Waals surface area contributed by atoms with E-state index < -0.39 is 0 Å². The van der Waals surface area contributed by atoms with Crippen molar-refractivity contribution in [1.29, 1.82) is 0 Å². The van der Waals surface area contributed by atoms with Gasteiger partial charge in [-0.3, -0.25) is 0 Å². The van der Waals surface area contributed by atoms with Gasteiger partial charge in [-0.25, -0.2) is 9.97 Å².